The highest BCUT2D eigenvalue weighted by atomic mass is 32.1. The first-order valence-corrected chi connectivity index (χ1v) is 8.15. The zero-order chi connectivity index (χ0) is 14.7. The number of hydrogen-bond donors (Lipinski definition) is 2. The molecule has 0 aliphatic carbocycles. The molecule has 0 amide bonds. The largest absolute Gasteiger partial charge is 0.366 e. The third kappa shape index (κ3) is 3.20. The highest BCUT2D eigenvalue weighted by molar-refractivity contribution is 7.18. The number of aryl methyl sites for hydroxylation is 1. The highest BCUT2D eigenvalue weighted by Crippen LogP contribution is 2.30. The lowest BCUT2D eigenvalue weighted by molar-refractivity contribution is 0.510. The van der Waals surface area contributed by atoms with Gasteiger partial charge < -0.3 is 10.6 Å². The maximum Gasteiger partial charge on any atom is 0.226 e. The summed E-state index contributed by atoms with van der Waals surface area (Å²) in [4.78, 5) is 11.5. The first-order chi connectivity index (χ1) is 9.55. The van der Waals surface area contributed by atoms with Crippen LogP contribution >= 0.6 is 11.3 Å². The zero-order valence-electron chi connectivity index (χ0n) is 12.9. The van der Waals surface area contributed by atoms with Gasteiger partial charge in [0.15, 0.2) is 0 Å². The van der Waals surface area contributed by atoms with Crippen LogP contribution in [0.1, 0.15) is 39.0 Å². The van der Waals surface area contributed by atoms with Gasteiger partial charge in [-0.1, -0.05) is 20.8 Å². The first kappa shape index (κ1) is 15.0. The number of anilines is 2. The van der Waals surface area contributed by atoms with Crippen molar-refractivity contribution in [3.05, 3.63) is 10.9 Å². The fourth-order valence-corrected chi connectivity index (χ4v) is 3.18. The molecule has 0 aliphatic rings. The van der Waals surface area contributed by atoms with E-state index in [2.05, 4.69) is 61.3 Å². The summed E-state index contributed by atoms with van der Waals surface area (Å²) in [7, 11) is 0. The molecule has 2 rings (SSSR count). The van der Waals surface area contributed by atoms with Crippen LogP contribution in [0, 0.1) is 12.8 Å². The van der Waals surface area contributed by atoms with Crippen LogP contribution in [0.25, 0.3) is 10.2 Å². The van der Waals surface area contributed by atoms with E-state index in [1.54, 1.807) is 11.3 Å². The predicted molar refractivity (Wildman–Crippen MR) is 88.9 cm³/mol. The van der Waals surface area contributed by atoms with E-state index in [0.717, 1.165) is 29.0 Å². The fourth-order valence-electron chi connectivity index (χ4n) is 2.30. The summed E-state index contributed by atoms with van der Waals surface area (Å²) in [6.45, 7) is 11.7. The van der Waals surface area contributed by atoms with Gasteiger partial charge in [-0.3, -0.25) is 0 Å². The van der Waals surface area contributed by atoms with Crippen molar-refractivity contribution < 1.29 is 0 Å². The third-order valence-corrected chi connectivity index (χ3v) is 4.36. The molecule has 0 bridgehead atoms. The minimum Gasteiger partial charge on any atom is -0.366 e. The van der Waals surface area contributed by atoms with E-state index in [-0.39, 0.29) is 0 Å². The van der Waals surface area contributed by atoms with Gasteiger partial charge in [0, 0.05) is 17.5 Å². The average Bonchev–Trinajstić information content (AvgIpc) is 2.76. The quantitative estimate of drug-likeness (QED) is 0.834. The maximum atomic E-state index is 4.65. The number of nitrogens with one attached hydrogen (secondary N) is 2. The summed E-state index contributed by atoms with van der Waals surface area (Å²) in [6.07, 6.45) is 1.09. The van der Waals surface area contributed by atoms with E-state index in [4.69, 9.17) is 0 Å². The van der Waals surface area contributed by atoms with E-state index in [9.17, 15) is 0 Å². The molecule has 0 saturated heterocycles. The summed E-state index contributed by atoms with van der Waals surface area (Å²) < 4.78 is 0. The monoisotopic (exact) mass is 292 g/mol. The lowest BCUT2D eigenvalue weighted by atomic mass is 10.0. The van der Waals surface area contributed by atoms with Crippen LogP contribution in [0.3, 0.4) is 0 Å². The van der Waals surface area contributed by atoms with E-state index in [1.807, 2.05) is 0 Å². The molecule has 2 aromatic heterocycles. The Morgan fingerprint density at radius 1 is 1.25 bits per heavy atom. The minimum atomic E-state index is 0.433. The molecule has 0 saturated carbocycles. The molecule has 0 aliphatic heterocycles. The van der Waals surface area contributed by atoms with E-state index in [1.165, 1.54) is 4.88 Å². The predicted octanol–water partition coefficient (Wildman–Crippen LogP) is 4.28. The van der Waals surface area contributed by atoms with Crippen LogP contribution in [0.15, 0.2) is 6.07 Å². The second-order valence-electron chi connectivity index (χ2n) is 5.41. The van der Waals surface area contributed by atoms with E-state index >= 15 is 0 Å². The van der Waals surface area contributed by atoms with Crippen molar-refractivity contribution in [2.24, 2.45) is 5.92 Å². The van der Waals surface area contributed by atoms with Gasteiger partial charge in [0.1, 0.15) is 10.6 Å². The molecule has 1 unspecified atom stereocenters. The molecule has 110 valence electrons. The van der Waals surface area contributed by atoms with Crippen LogP contribution in [0.2, 0.25) is 0 Å². The Bertz CT molecular complexity index is 577. The Labute approximate surface area is 125 Å². The lowest BCUT2D eigenvalue weighted by Crippen LogP contribution is -2.25. The van der Waals surface area contributed by atoms with Gasteiger partial charge in [0.2, 0.25) is 5.95 Å². The molecule has 2 heterocycles. The molecule has 4 nitrogen and oxygen atoms in total. The first-order valence-electron chi connectivity index (χ1n) is 7.33. The van der Waals surface area contributed by atoms with Crippen LogP contribution in [-0.4, -0.2) is 22.6 Å². The highest BCUT2D eigenvalue weighted by Gasteiger charge is 2.16. The minimum absolute atomic E-state index is 0.433. The van der Waals surface area contributed by atoms with Crippen molar-refractivity contribution in [1.82, 2.24) is 9.97 Å². The van der Waals surface area contributed by atoms with Gasteiger partial charge in [-0.25, -0.2) is 4.98 Å². The van der Waals surface area contributed by atoms with Gasteiger partial charge in [0.05, 0.1) is 5.39 Å². The Balaban J connectivity index is 2.43. The Kier molecular flexibility index (Phi) is 4.81. The molecule has 2 N–H and O–H groups in total. The molecule has 1 atom stereocenters. The molecular weight excluding hydrogens is 268 g/mol. The van der Waals surface area contributed by atoms with Gasteiger partial charge >= 0.3 is 0 Å². The fraction of sp³-hybridized carbons (Fsp3) is 0.600. The van der Waals surface area contributed by atoms with E-state index < -0.39 is 0 Å². The number of fused-ring (bicyclic) bond motifs is 1. The molecule has 20 heavy (non-hydrogen) atoms. The number of nitrogens with zero attached hydrogens (tertiary/aromatic N) is 2. The molecular formula is C15H24N4S. The van der Waals surface area contributed by atoms with Crippen molar-refractivity contribution >= 4 is 33.3 Å². The van der Waals surface area contributed by atoms with Crippen LogP contribution in [0.5, 0.6) is 0 Å². The van der Waals surface area contributed by atoms with Gasteiger partial charge in [0.25, 0.3) is 0 Å². The number of hydrogen-bond acceptors (Lipinski definition) is 5. The summed E-state index contributed by atoms with van der Waals surface area (Å²) in [5, 5.41) is 7.95. The number of thiophene rings is 1. The molecule has 0 radical (unpaired) electrons. The van der Waals surface area contributed by atoms with Crippen LogP contribution in [0.4, 0.5) is 11.8 Å². The van der Waals surface area contributed by atoms with Crippen LogP contribution < -0.4 is 10.6 Å². The molecule has 0 fully saturated rings. The second kappa shape index (κ2) is 6.39. The van der Waals surface area contributed by atoms with Crippen molar-refractivity contribution in [2.45, 2.75) is 47.1 Å². The van der Waals surface area contributed by atoms with Gasteiger partial charge in [-0.15, -0.1) is 11.3 Å². The van der Waals surface area contributed by atoms with Crippen molar-refractivity contribution in [3.63, 3.8) is 0 Å². The Morgan fingerprint density at radius 2 is 2.00 bits per heavy atom. The Morgan fingerprint density at radius 3 is 2.60 bits per heavy atom. The average molecular weight is 292 g/mol. The maximum absolute atomic E-state index is 4.65. The summed E-state index contributed by atoms with van der Waals surface area (Å²) in [5.74, 6) is 2.24. The zero-order valence-corrected chi connectivity index (χ0v) is 13.8. The summed E-state index contributed by atoms with van der Waals surface area (Å²) in [6, 6.07) is 2.60. The number of aromatic nitrogens is 2. The van der Waals surface area contributed by atoms with E-state index in [0.29, 0.717) is 17.9 Å². The molecule has 5 heteroatoms. The van der Waals surface area contributed by atoms with Crippen molar-refractivity contribution in [1.29, 1.82) is 0 Å². The Hall–Kier alpha value is -1.36. The van der Waals surface area contributed by atoms with Crippen molar-refractivity contribution in [3.8, 4) is 0 Å². The van der Waals surface area contributed by atoms with Crippen LogP contribution in [-0.2, 0) is 0 Å². The van der Waals surface area contributed by atoms with Gasteiger partial charge in [-0.2, -0.15) is 4.98 Å². The lowest BCUT2D eigenvalue weighted by Gasteiger charge is -2.22. The second-order valence-corrected chi connectivity index (χ2v) is 6.64. The van der Waals surface area contributed by atoms with Gasteiger partial charge in [-0.05, 0) is 32.3 Å². The van der Waals surface area contributed by atoms with Crippen molar-refractivity contribution in [2.75, 3.05) is 17.2 Å². The SMILES string of the molecule is CCNc1nc(NC(CC)C(C)C)c2cc(C)sc2n1. The molecule has 0 spiro atoms. The number of rotatable bonds is 6. The molecule has 2 aromatic rings. The standard InChI is InChI=1S/C15H24N4S/c1-6-12(9(3)4)17-13-11-8-10(5)20-14(11)19-15(18-13)16-7-2/h8-9,12H,6-7H2,1-5H3,(H2,16,17,18,19). The summed E-state index contributed by atoms with van der Waals surface area (Å²) in [5.41, 5.74) is 0. The normalized spacial score (nSPS) is 12.9. The smallest absolute Gasteiger partial charge is 0.226 e. The topological polar surface area (TPSA) is 49.8 Å². The third-order valence-electron chi connectivity index (χ3n) is 3.42. The molecule has 0 aromatic carbocycles. The summed E-state index contributed by atoms with van der Waals surface area (Å²) >= 11 is 1.72.